The third kappa shape index (κ3) is 12.0. The van der Waals surface area contributed by atoms with E-state index >= 15 is 0 Å². The second kappa shape index (κ2) is 15.7. The zero-order chi connectivity index (χ0) is 33.1. The molecule has 44 heavy (non-hydrogen) atoms. The Kier molecular flexibility index (Phi) is 13.0. The molecule has 0 bridgehead atoms. The van der Waals surface area contributed by atoms with Gasteiger partial charge in [-0.2, -0.15) is 44.5 Å². The molecule has 1 aromatic heterocycles. The van der Waals surface area contributed by atoms with Crippen molar-refractivity contribution in [1.29, 1.82) is 0 Å². The maximum atomic E-state index is 13.7. The molecule has 1 heterocycles. The first kappa shape index (κ1) is 36.3. The molecule has 3 rings (SSSR count). The van der Waals surface area contributed by atoms with Crippen LogP contribution in [-0.2, 0) is 16.9 Å². The maximum absolute atomic E-state index is 13.7. The van der Waals surface area contributed by atoms with Gasteiger partial charge in [-0.05, 0) is 29.8 Å². The summed E-state index contributed by atoms with van der Waals surface area (Å²) in [6.07, 6.45) is -12.8. The lowest BCUT2D eigenvalue weighted by Gasteiger charge is -2.17. The van der Waals surface area contributed by atoms with Gasteiger partial charge in [0.05, 0.1) is 24.0 Å². The first-order valence-electron chi connectivity index (χ1n) is 12.0. The zero-order valence-electron chi connectivity index (χ0n) is 22.7. The fourth-order valence-electron chi connectivity index (χ4n) is 3.13. The third-order valence-electron chi connectivity index (χ3n) is 5.05. The number of halogens is 9. The molecule has 0 fully saturated rings. The summed E-state index contributed by atoms with van der Waals surface area (Å²) in [5.74, 6) is -1.06. The van der Waals surface area contributed by atoms with Gasteiger partial charge in [-0.15, -0.1) is 0 Å². The van der Waals surface area contributed by atoms with E-state index in [0.29, 0.717) is 17.4 Å². The summed E-state index contributed by atoms with van der Waals surface area (Å²) in [5.41, 5.74) is -0.0375. The quantitative estimate of drug-likeness (QED) is 0.110. The molecule has 2 aromatic carbocycles. The molecule has 242 valence electrons. The predicted molar refractivity (Wildman–Crippen MR) is 144 cm³/mol. The van der Waals surface area contributed by atoms with Gasteiger partial charge >= 0.3 is 18.5 Å². The van der Waals surface area contributed by atoms with Gasteiger partial charge in [-0.3, -0.25) is 4.79 Å². The fourth-order valence-corrected chi connectivity index (χ4v) is 3.89. The standard InChI is InChI=1S/C23H22F6N5O3P.C2H3F3O/c1-30-20(35)14-5-3-4-6-16(14)32-19-15(23(27,28)29)10-31-21(34-19)33-17-8-7-13(9-18(17)36-2)11-38-37-12-22(24,25)26;3-2(4,5)1-6/h3-10,38H,11-12H2,1-2H3,(H,30,35)(H2,31,32,33,34);6H,1H2. The van der Waals surface area contributed by atoms with Crippen LogP contribution in [0.1, 0.15) is 21.5 Å². The van der Waals surface area contributed by atoms with Crippen molar-refractivity contribution in [3.8, 4) is 5.75 Å². The van der Waals surface area contributed by atoms with Crippen molar-refractivity contribution in [2.24, 2.45) is 0 Å². The van der Waals surface area contributed by atoms with Crippen LogP contribution in [0.3, 0.4) is 0 Å². The van der Waals surface area contributed by atoms with Crippen molar-refractivity contribution >= 4 is 37.9 Å². The molecular weight excluding hydrogens is 636 g/mol. The number of carbonyl (C=O) groups excluding carboxylic acids is 1. The summed E-state index contributed by atoms with van der Waals surface area (Å²) in [6, 6.07) is 10.6. The first-order chi connectivity index (χ1) is 20.5. The van der Waals surface area contributed by atoms with Crippen molar-refractivity contribution < 1.29 is 58.7 Å². The van der Waals surface area contributed by atoms with Gasteiger partial charge in [-0.1, -0.05) is 18.2 Å². The van der Waals surface area contributed by atoms with E-state index in [9.17, 15) is 44.3 Å². The Morgan fingerprint density at radius 1 is 0.955 bits per heavy atom. The monoisotopic (exact) mass is 661 g/mol. The summed E-state index contributed by atoms with van der Waals surface area (Å²) < 4.78 is 119. The Labute approximate surface area is 246 Å². The van der Waals surface area contributed by atoms with Gasteiger partial charge in [-0.25, -0.2) is 4.98 Å². The SMILES string of the molecule is CNC(=O)c1ccccc1Nc1nc(Nc2ccc(CPOCC(F)(F)F)cc2OC)ncc1C(F)(F)F.OCC(F)(F)F. The van der Waals surface area contributed by atoms with Gasteiger partial charge < -0.3 is 30.3 Å². The molecule has 9 nitrogen and oxygen atoms in total. The smallest absolute Gasteiger partial charge is 0.421 e. The lowest BCUT2D eigenvalue weighted by atomic mass is 10.1. The Balaban J connectivity index is 0.00000102. The van der Waals surface area contributed by atoms with E-state index in [2.05, 4.69) is 30.4 Å². The van der Waals surface area contributed by atoms with Crippen LogP contribution in [0.5, 0.6) is 5.75 Å². The molecule has 0 aliphatic heterocycles. The number of ether oxygens (including phenoxy) is 1. The molecule has 0 radical (unpaired) electrons. The van der Waals surface area contributed by atoms with Crippen molar-refractivity contribution in [2.45, 2.75) is 24.7 Å². The van der Waals surface area contributed by atoms with Gasteiger partial charge in [0.15, 0.2) is 0 Å². The van der Waals surface area contributed by atoms with Gasteiger partial charge in [0.2, 0.25) is 5.95 Å². The van der Waals surface area contributed by atoms with Crippen molar-refractivity contribution in [3.63, 3.8) is 0 Å². The molecule has 0 aliphatic carbocycles. The molecule has 3 aromatic rings. The highest BCUT2D eigenvalue weighted by Crippen LogP contribution is 2.37. The number of nitrogens with zero attached hydrogens (tertiary/aromatic N) is 2. The summed E-state index contributed by atoms with van der Waals surface area (Å²) >= 11 is 0. The topological polar surface area (TPSA) is 118 Å². The number of methoxy groups -OCH3 is 1. The van der Waals surface area contributed by atoms with Crippen LogP contribution < -0.4 is 20.7 Å². The van der Waals surface area contributed by atoms with Crippen LogP contribution in [0, 0.1) is 0 Å². The molecule has 0 saturated heterocycles. The van der Waals surface area contributed by atoms with Crippen LogP contribution in [0.4, 0.5) is 62.7 Å². The first-order valence-corrected chi connectivity index (χ1v) is 13.1. The van der Waals surface area contributed by atoms with Crippen molar-refractivity contribution in [2.75, 3.05) is 38.0 Å². The number of amides is 1. The Bertz CT molecular complexity index is 1390. The van der Waals surface area contributed by atoms with Gasteiger partial charge in [0.25, 0.3) is 5.91 Å². The maximum Gasteiger partial charge on any atom is 0.421 e. The summed E-state index contributed by atoms with van der Waals surface area (Å²) in [4.78, 5) is 19.9. The number of para-hydroxylation sites is 1. The predicted octanol–water partition coefficient (Wildman–Crippen LogP) is 6.56. The minimum Gasteiger partial charge on any atom is -0.495 e. The van der Waals surface area contributed by atoms with E-state index < -0.39 is 57.8 Å². The molecule has 1 unspecified atom stereocenters. The Hall–Kier alpha value is -3.89. The summed E-state index contributed by atoms with van der Waals surface area (Å²) in [6.45, 7) is -3.08. The van der Waals surface area contributed by atoms with E-state index in [1.54, 1.807) is 24.3 Å². The van der Waals surface area contributed by atoms with Crippen molar-refractivity contribution in [1.82, 2.24) is 15.3 Å². The highest BCUT2D eigenvalue weighted by atomic mass is 31.1. The number of nitrogens with one attached hydrogen (secondary N) is 3. The summed E-state index contributed by atoms with van der Waals surface area (Å²) in [7, 11) is 2.30. The lowest BCUT2D eigenvalue weighted by molar-refractivity contribution is -0.159. The average Bonchev–Trinajstić information content (AvgIpc) is 2.94. The lowest BCUT2D eigenvalue weighted by Crippen LogP contribution is -2.20. The number of aliphatic hydroxyl groups excluding tert-OH is 1. The van der Waals surface area contributed by atoms with Crippen molar-refractivity contribution in [3.05, 3.63) is 65.4 Å². The Morgan fingerprint density at radius 3 is 2.18 bits per heavy atom. The number of rotatable bonds is 10. The number of aromatic nitrogens is 2. The molecule has 0 aliphatic rings. The molecule has 0 spiro atoms. The number of benzene rings is 2. The average molecular weight is 661 g/mol. The number of carbonyl (C=O) groups is 1. The van der Waals surface area contributed by atoms with Crippen LogP contribution in [0.15, 0.2) is 48.7 Å². The minimum absolute atomic E-state index is 0.0949. The number of anilines is 4. The second-order valence-corrected chi connectivity index (χ2v) is 9.29. The van der Waals surface area contributed by atoms with E-state index in [1.807, 2.05) is 0 Å². The molecular formula is C25H25F9N5O4P. The highest BCUT2D eigenvalue weighted by molar-refractivity contribution is 7.31. The van der Waals surface area contributed by atoms with Crippen LogP contribution in [0.2, 0.25) is 0 Å². The number of hydrogen-bond donors (Lipinski definition) is 4. The van der Waals surface area contributed by atoms with Crippen LogP contribution >= 0.6 is 8.81 Å². The fraction of sp³-hybridized carbons (Fsp3) is 0.320. The van der Waals surface area contributed by atoms with E-state index in [-0.39, 0.29) is 29.1 Å². The molecule has 1 amide bonds. The minimum atomic E-state index is -4.79. The van der Waals surface area contributed by atoms with E-state index in [1.165, 1.54) is 32.4 Å². The van der Waals surface area contributed by atoms with E-state index in [0.717, 1.165) is 0 Å². The largest absolute Gasteiger partial charge is 0.495 e. The molecule has 19 heteroatoms. The number of aliphatic hydroxyl groups is 1. The Morgan fingerprint density at radius 2 is 1.61 bits per heavy atom. The normalized spacial score (nSPS) is 12.0. The molecule has 1 atom stereocenters. The number of hydrogen-bond acceptors (Lipinski definition) is 8. The second-order valence-electron chi connectivity index (χ2n) is 8.36. The summed E-state index contributed by atoms with van der Waals surface area (Å²) in [5, 5.41) is 15.0. The van der Waals surface area contributed by atoms with Crippen LogP contribution in [-0.4, -0.2) is 60.7 Å². The van der Waals surface area contributed by atoms with E-state index in [4.69, 9.17) is 9.84 Å². The van der Waals surface area contributed by atoms with Crippen LogP contribution in [0.25, 0.3) is 0 Å². The number of alkyl halides is 9. The van der Waals surface area contributed by atoms with Gasteiger partial charge in [0.1, 0.15) is 30.3 Å². The molecule has 4 N–H and O–H groups in total. The highest BCUT2D eigenvalue weighted by Gasteiger charge is 2.36. The van der Waals surface area contributed by atoms with Gasteiger partial charge in [0, 0.05) is 28.2 Å². The third-order valence-corrected chi connectivity index (χ3v) is 5.95. The zero-order valence-corrected chi connectivity index (χ0v) is 23.7. The molecule has 0 saturated carbocycles.